The lowest BCUT2D eigenvalue weighted by atomic mass is 10.1. The highest BCUT2D eigenvalue weighted by Gasteiger charge is 2.05. The van der Waals surface area contributed by atoms with Crippen molar-refractivity contribution in [2.75, 3.05) is 0 Å². The largest absolute Gasteiger partial charge is 0.174 e. The van der Waals surface area contributed by atoms with Gasteiger partial charge in [0.05, 0.1) is 13.1 Å². The van der Waals surface area contributed by atoms with Crippen LogP contribution in [0.3, 0.4) is 0 Å². The lowest BCUT2D eigenvalue weighted by Crippen LogP contribution is -2.04. The highest BCUT2D eigenvalue weighted by Crippen LogP contribution is 2.12. The third-order valence-electron chi connectivity index (χ3n) is 6.62. The number of rotatable bonds is 17. The number of tetrazole rings is 2. The van der Waals surface area contributed by atoms with E-state index in [2.05, 4.69) is 92.5 Å². The van der Waals surface area contributed by atoms with Gasteiger partial charge in [-0.25, -0.2) is 0 Å². The number of aryl methyl sites for hydroxylation is 2. The monoisotopic (exact) mass is 510 g/mol. The standard InChI is InChI=1S/C30H38N8/c1-3-25-15-19-27(20-16-25)23-37-33-29(31-35-37)13-11-9-7-5-6-8-10-12-14-30-32-36-38(34-30)24-28-21-17-26(4-2)18-22-28/h3-4,15-22H,1-2,5-14,23-24H2. The summed E-state index contributed by atoms with van der Waals surface area (Å²) >= 11 is 0. The minimum atomic E-state index is 0.643. The van der Waals surface area contributed by atoms with Gasteiger partial charge in [-0.05, 0) is 45.5 Å². The molecular weight excluding hydrogens is 472 g/mol. The summed E-state index contributed by atoms with van der Waals surface area (Å²) in [4.78, 5) is 3.35. The normalized spacial score (nSPS) is 11.1. The fourth-order valence-corrected chi connectivity index (χ4v) is 4.36. The predicted molar refractivity (Wildman–Crippen MR) is 151 cm³/mol. The first-order valence-electron chi connectivity index (χ1n) is 13.7. The highest BCUT2D eigenvalue weighted by atomic mass is 15.6. The highest BCUT2D eigenvalue weighted by molar-refractivity contribution is 5.47. The Morgan fingerprint density at radius 1 is 0.526 bits per heavy atom. The Morgan fingerprint density at radius 2 is 0.895 bits per heavy atom. The average molecular weight is 511 g/mol. The quantitative estimate of drug-likeness (QED) is 0.163. The Hall–Kier alpha value is -3.94. The molecule has 0 saturated heterocycles. The molecule has 2 aromatic heterocycles. The fourth-order valence-electron chi connectivity index (χ4n) is 4.36. The summed E-state index contributed by atoms with van der Waals surface area (Å²) < 4.78 is 0. The molecule has 0 spiro atoms. The molecule has 198 valence electrons. The van der Waals surface area contributed by atoms with E-state index >= 15 is 0 Å². The molecule has 8 heteroatoms. The summed E-state index contributed by atoms with van der Waals surface area (Å²) in [7, 11) is 0. The topological polar surface area (TPSA) is 87.2 Å². The van der Waals surface area contributed by atoms with Crippen LogP contribution in [0.4, 0.5) is 0 Å². The van der Waals surface area contributed by atoms with Gasteiger partial charge in [0.1, 0.15) is 0 Å². The second-order valence-electron chi connectivity index (χ2n) is 9.69. The van der Waals surface area contributed by atoms with Crippen LogP contribution >= 0.6 is 0 Å². The van der Waals surface area contributed by atoms with Crippen LogP contribution in [0.15, 0.2) is 61.7 Å². The molecule has 8 nitrogen and oxygen atoms in total. The molecule has 0 aliphatic carbocycles. The first kappa shape index (κ1) is 27.1. The molecule has 0 bridgehead atoms. The first-order valence-corrected chi connectivity index (χ1v) is 13.7. The zero-order chi connectivity index (χ0) is 26.4. The minimum Gasteiger partial charge on any atom is -0.160 e. The summed E-state index contributed by atoms with van der Waals surface area (Å²) in [6.45, 7) is 8.86. The lowest BCUT2D eigenvalue weighted by molar-refractivity contribution is 0.554. The van der Waals surface area contributed by atoms with Crippen molar-refractivity contribution in [3.8, 4) is 0 Å². The van der Waals surface area contributed by atoms with E-state index in [0.717, 1.165) is 59.6 Å². The van der Waals surface area contributed by atoms with Crippen LogP contribution in [-0.2, 0) is 25.9 Å². The average Bonchev–Trinajstić information content (AvgIpc) is 3.59. The van der Waals surface area contributed by atoms with E-state index < -0.39 is 0 Å². The number of benzene rings is 2. The fraction of sp³-hybridized carbons (Fsp3) is 0.400. The van der Waals surface area contributed by atoms with Gasteiger partial charge in [-0.1, -0.05) is 112 Å². The van der Waals surface area contributed by atoms with Crippen LogP contribution in [0.2, 0.25) is 0 Å². The van der Waals surface area contributed by atoms with Gasteiger partial charge in [-0.3, -0.25) is 0 Å². The van der Waals surface area contributed by atoms with Crippen LogP contribution in [0, 0.1) is 0 Å². The van der Waals surface area contributed by atoms with E-state index in [1.54, 1.807) is 9.59 Å². The molecule has 0 atom stereocenters. The van der Waals surface area contributed by atoms with Gasteiger partial charge in [0, 0.05) is 12.8 Å². The van der Waals surface area contributed by atoms with E-state index in [1.165, 1.54) is 38.5 Å². The molecule has 0 aliphatic heterocycles. The Balaban J connectivity index is 1.01. The van der Waals surface area contributed by atoms with Gasteiger partial charge in [-0.2, -0.15) is 9.59 Å². The zero-order valence-corrected chi connectivity index (χ0v) is 22.3. The van der Waals surface area contributed by atoms with Crippen molar-refractivity contribution >= 4 is 12.2 Å². The van der Waals surface area contributed by atoms with E-state index in [-0.39, 0.29) is 0 Å². The molecule has 4 aromatic rings. The second kappa shape index (κ2) is 14.7. The Labute approximate surface area is 225 Å². The maximum absolute atomic E-state index is 4.52. The number of unbranched alkanes of at least 4 members (excludes halogenated alkanes) is 7. The van der Waals surface area contributed by atoms with Crippen molar-refractivity contribution in [1.29, 1.82) is 0 Å². The lowest BCUT2D eigenvalue weighted by Gasteiger charge is -2.02. The first-order chi connectivity index (χ1) is 18.7. The Kier molecular flexibility index (Phi) is 10.5. The van der Waals surface area contributed by atoms with Gasteiger partial charge < -0.3 is 0 Å². The molecule has 0 aliphatic rings. The molecule has 4 rings (SSSR count). The molecule has 0 unspecified atom stereocenters. The van der Waals surface area contributed by atoms with Crippen molar-refractivity contribution in [3.63, 3.8) is 0 Å². The number of aromatic nitrogens is 8. The van der Waals surface area contributed by atoms with Gasteiger partial charge in [-0.15, -0.1) is 20.4 Å². The van der Waals surface area contributed by atoms with E-state index in [1.807, 2.05) is 12.2 Å². The van der Waals surface area contributed by atoms with Gasteiger partial charge in [0.15, 0.2) is 11.6 Å². The molecule has 0 radical (unpaired) electrons. The number of nitrogens with zero attached hydrogens (tertiary/aromatic N) is 8. The zero-order valence-electron chi connectivity index (χ0n) is 22.3. The number of hydrogen-bond acceptors (Lipinski definition) is 6. The van der Waals surface area contributed by atoms with Crippen molar-refractivity contribution < 1.29 is 0 Å². The summed E-state index contributed by atoms with van der Waals surface area (Å²) in [5.41, 5.74) is 4.55. The van der Waals surface area contributed by atoms with Crippen molar-refractivity contribution in [2.45, 2.75) is 77.3 Å². The Bertz CT molecular complexity index is 1150. The predicted octanol–water partition coefficient (Wildman–Crippen LogP) is 5.95. The summed E-state index contributed by atoms with van der Waals surface area (Å²) in [5, 5.41) is 25.9. The van der Waals surface area contributed by atoms with Crippen LogP contribution in [0.1, 0.15) is 85.3 Å². The van der Waals surface area contributed by atoms with Crippen LogP contribution in [0.5, 0.6) is 0 Å². The Morgan fingerprint density at radius 3 is 1.26 bits per heavy atom. The SMILES string of the molecule is C=Cc1ccc(Cn2nnc(CCCCCCCCCCc3nnn(Cc4ccc(C=C)cc4)n3)n2)cc1. The number of hydrogen-bond donors (Lipinski definition) is 0. The molecule has 0 saturated carbocycles. The second-order valence-corrected chi connectivity index (χ2v) is 9.69. The van der Waals surface area contributed by atoms with Crippen LogP contribution in [0.25, 0.3) is 12.2 Å². The molecule has 0 N–H and O–H groups in total. The molecule has 2 heterocycles. The van der Waals surface area contributed by atoms with Crippen molar-refractivity contribution in [2.24, 2.45) is 0 Å². The van der Waals surface area contributed by atoms with E-state index in [4.69, 9.17) is 0 Å². The van der Waals surface area contributed by atoms with Crippen molar-refractivity contribution in [3.05, 3.63) is 95.6 Å². The third kappa shape index (κ3) is 8.87. The van der Waals surface area contributed by atoms with E-state index in [9.17, 15) is 0 Å². The van der Waals surface area contributed by atoms with Gasteiger partial charge >= 0.3 is 0 Å². The van der Waals surface area contributed by atoms with Crippen LogP contribution in [-0.4, -0.2) is 40.4 Å². The molecule has 2 aromatic carbocycles. The third-order valence-corrected chi connectivity index (χ3v) is 6.62. The van der Waals surface area contributed by atoms with Crippen molar-refractivity contribution in [1.82, 2.24) is 40.4 Å². The molecule has 38 heavy (non-hydrogen) atoms. The maximum atomic E-state index is 4.52. The smallest absolute Gasteiger partial charge is 0.160 e. The molecule has 0 fully saturated rings. The summed E-state index contributed by atoms with van der Waals surface area (Å²) in [5.74, 6) is 1.67. The van der Waals surface area contributed by atoms with Gasteiger partial charge in [0.2, 0.25) is 0 Å². The summed E-state index contributed by atoms with van der Waals surface area (Å²) in [6, 6.07) is 16.5. The minimum absolute atomic E-state index is 0.643. The molecular formula is C30H38N8. The van der Waals surface area contributed by atoms with E-state index in [0.29, 0.717) is 13.1 Å². The van der Waals surface area contributed by atoms with Crippen LogP contribution < -0.4 is 0 Å². The summed E-state index contributed by atoms with van der Waals surface area (Å²) in [6.07, 6.45) is 15.2. The maximum Gasteiger partial charge on any atom is 0.174 e. The molecule has 0 amide bonds. The van der Waals surface area contributed by atoms with Gasteiger partial charge in [0.25, 0.3) is 0 Å².